The van der Waals surface area contributed by atoms with E-state index in [1.54, 1.807) is 0 Å². The summed E-state index contributed by atoms with van der Waals surface area (Å²) in [5, 5.41) is 5.24. The number of hydrogen-bond donors (Lipinski definition) is 0. The lowest BCUT2D eigenvalue weighted by atomic mass is 9.72. The molecule has 1 aliphatic carbocycles. The van der Waals surface area contributed by atoms with Gasteiger partial charge in [0.25, 0.3) is 18.2 Å². The van der Waals surface area contributed by atoms with Crippen molar-refractivity contribution >= 4 is 39.8 Å². The van der Waals surface area contributed by atoms with Gasteiger partial charge in [0, 0.05) is 34.3 Å². The molecule has 280 valence electrons. The highest BCUT2D eigenvalue weighted by atomic mass is 16.5. The SMILES string of the molecule is CC(C)Cc1cccc2ccc3c(c12)OC1N=C[N+]2=C(c4cc(C(C)(C)C)c5ccccc5c4C4(C)C2(C)C42N(C(C)C)C=C(C(C)C)C=[N+]2C(C)C)C31. The highest BCUT2D eigenvalue weighted by Crippen LogP contribution is 2.75. The van der Waals surface area contributed by atoms with Crippen LogP contribution < -0.4 is 4.74 Å². The molecule has 1 saturated carbocycles. The summed E-state index contributed by atoms with van der Waals surface area (Å²) in [6, 6.07) is 23.8. The van der Waals surface area contributed by atoms with E-state index in [9.17, 15) is 0 Å². The molecule has 0 radical (unpaired) electrons. The quantitative estimate of drug-likeness (QED) is 0.192. The Balaban J connectivity index is 1.42. The lowest BCUT2D eigenvalue weighted by Crippen LogP contribution is -2.59. The molecule has 0 amide bonds. The molecule has 54 heavy (non-hydrogen) atoms. The maximum atomic E-state index is 7.12. The van der Waals surface area contributed by atoms with Gasteiger partial charge >= 0.3 is 0 Å². The second-order valence-electron chi connectivity index (χ2n) is 19.5. The van der Waals surface area contributed by atoms with Crippen LogP contribution in [0.5, 0.6) is 5.75 Å². The Morgan fingerprint density at radius 3 is 2.26 bits per heavy atom. The second-order valence-corrected chi connectivity index (χ2v) is 19.5. The third kappa shape index (κ3) is 4.19. The maximum Gasteiger partial charge on any atom is 0.297 e. The molecular weight excluding hydrogens is 661 g/mol. The maximum absolute atomic E-state index is 7.12. The first kappa shape index (κ1) is 35.5. The molecular formula is C49H60N4O+2. The van der Waals surface area contributed by atoms with Crippen LogP contribution in [-0.4, -0.2) is 61.8 Å². The Morgan fingerprint density at radius 1 is 0.889 bits per heavy atom. The molecule has 0 bridgehead atoms. The highest BCUT2D eigenvalue weighted by Gasteiger charge is 3.00. The topological polar surface area (TPSA) is 30.9 Å². The lowest BCUT2D eigenvalue weighted by Gasteiger charge is -2.39. The van der Waals surface area contributed by atoms with Crippen molar-refractivity contribution in [3.05, 3.63) is 100 Å². The molecule has 0 N–H and O–H groups in total. The molecule has 5 unspecified atom stereocenters. The van der Waals surface area contributed by atoms with Crippen LogP contribution in [0.4, 0.5) is 0 Å². The van der Waals surface area contributed by atoms with Gasteiger partial charge < -0.3 is 9.64 Å². The lowest BCUT2D eigenvalue weighted by molar-refractivity contribution is -0.662. The zero-order chi connectivity index (χ0) is 38.4. The van der Waals surface area contributed by atoms with Gasteiger partial charge in [-0.3, -0.25) is 0 Å². The number of fused-ring (bicyclic) bond motifs is 15. The minimum atomic E-state index is -0.391. The molecule has 1 spiro atoms. The molecule has 4 aromatic rings. The fourth-order valence-electron chi connectivity index (χ4n) is 11.6. The largest absolute Gasteiger partial charge is 0.446 e. The van der Waals surface area contributed by atoms with Crippen molar-refractivity contribution in [3.8, 4) is 5.75 Å². The fraction of sp³-hybridized carbons (Fsp3) is 0.490. The molecule has 5 nitrogen and oxygen atoms in total. The van der Waals surface area contributed by atoms with E-state index >= 15 is 0 Å². The highest BCUT2D eigenvalue weighted by molar-refractivity contribution is 6.13. The molecule has 4 aromatic carbocycles. The molecule has 5 heteroatoms. The smallest absolute Gasteiger partial charge is 0.297 e. The summed E-state index contributed by atoms with van der Waals surface area (Å²) in [7, 11) is 0. The van der Waals surface area contributed by atoms with Crippen molar-refractivity contribution in [2.75, 3.05) is 0 Å². The van der Waals surface area contributed by atoms with E-state index in [0.29, 0.717) is 11.8 Å². The van der Waals surface area contributed by atoms with E-state index in [2.05, 4.69) is 183 Å². The fourth-order valence-corrected chi connectivity index (χ4v) is 11.6. The minimum absolute atomic E-state index is 0.0393. The molecule has 0 saturated heterocycles. The zero-order valence-electron chi connectivity index (χ0n) is 34.9. The summed E-state index contributed by atoms with van der Waals surface area (Å²) in [6.07, 6.45) is 7.89. The van der Waals surface area contributed by atoms with E-state index in [1.165, 1.54) is 60.6 Å². The minimum Gasteiger partial charge on any atom is -0.446 e. The molecule has 5 aliphatic rings. The first-order chi connectivity index (χ1) is 25.5. The predicted octanol–water partition coefficient (Wildman–Crippen LogP) is 10.3. The third-order valence-electron chi connectivity index (χ3n) is 14.0. The molecule has 5 atom stereocenters. The monoisotopic (exact) mass is 720 g/mol. The van der Waals surface area contributed by atoms with Crippen LogP contribution >= 0.6 is 0 Å². The number of aliphatic imine (C=N–C) groups is 1. The Hall–Kier alpha value is -4.25. The summed E-state index contributed by atoms with van der Waals surface area (Å²) in [6.45, 7) is 31.0. The van der Waals surface area contributed by atoms with Crippen LogP contribution in [0.15, 0.2) is 77.4 Å². The van der Waals surface area contributed by atoms with Gasteiger partial charge in [0.15, 0.2) is 6.21 Å². The van der Waals surface area contributed by atoms with Crippen molar-refractivity contribution in [2.24, 2.45) is 16.8 Å². The zero-order valence-corrected chi connectivity index (χ0v) is 34.9. The van der Waals surface area contributed by atoms with Gasteiger partial charge in [-0.15, -0.1) is 0 Å². The van der Waals surface area contributed by atoms with Crippen molar-refractivity contribution in [1.29, 1.82) is 0 Å². The number of rotatable bonds is 5. The predicted molar refractivity (Wildman–Crippen MR) is 225 cm³/mol. The van der Waals surface area contributed by atoms with Gasteiger partial charge in [0.1, 0.15) is 28.8 Å². The Kier molecular flexibility index (Phi) is 7.48. The van der Waals surface area contributed by atoms with Crippen LogP contribution in [0, 0.1) is 11.8 Å². The van der Waals surface area contributed by atoms with Crippen LogP contribution in [0.2, 0.25) is 0 Å². The molecule has 0 aromatic heterocycles. The molecule has 1 fully saturated rings. The molecule has 4 aliphatic heterocycles. The van der Waals surface area contributed by atoms with Gasteiger partial charge in [0.05, 0.1) is 0 Å². The number of nitrogens with zero attached hydrogens (tertiary/aromatic N) is 4. The summed E-state index contributed by atoms with van der Waals surface area (Å²) >= 11 is 0. The molecule has 9 rings (SSSR count). The normalized spacial score (nSPS) is 28.1. The van der Waals surface area contributed by atoms with E-state index in [0.717, 1.165) is 12.2 Å². The van der Waals surface area contributed by atoms with E-state index in [4.69, 9.17) is 9.73 Å². The standard InChI is InChI=1S/C49H60N4O/c1-28(2)23-33-18-16-17-32-21-22-37-41-43-38-24-39(46(9,10)11)35-19-14-15-20-36(35)42(38)47(12)48(13,53(43)27-50-45(41)54-44(37)40(32)33)49(47)51(30(5)6)25-34(29(3)4)26-52(49)31(7)8/h14-22,24-31,41,45H,23H2,1-13H3/q+2. The van der Waals surface area contributed by atoms with Crippen LogP contribution in [0.3, 0.4) is 0 Å². The van der Waals surface area contributed by atoms with Crippen LogP contribution in [0.1, 0.15) is 124 Å². The van der Waals surface area contributed by atoms with Crippen molar-refractivity contribution < 1.29 is 13.9 Å². The number of allylic oxidation sites excluding steroid dienone is 1. The van der Waals surface area contributed by atoms with E-state index in [1.807, 2.05) is 0 Å². The summed E-state index contributed by atoms with van der Waals surface area (Å²) in [4.78, 5) is 8.15. The Bertz CT molecular complexity index is 2400. The summed E-state index contributed by atoms with van der Waals surface area (Å²) in [5.74, 6) is 1.94. The number of benzene rings is 4. The average molecular weight is 721 g/mol. The van der Waals surface area contributed by atoms with Gasteiger partial charge in [-0.05, 0) is 109 Å². The van der Waals surface area contributed by atoms with Gasteiger partial charge in [-0.25, -0.2) is 9.15 Å². The first-order valence-corrected chi connectivity index (χ1v) is 20.6. The van der Waals surface area contributed by atoms with Crippen LogP contribution in [-0.2, 0) is 17.3 Å². The first-order valence-electron chi connectivity index (χ1n) is 20.6. The Morgan fingerprint density at radius 2 is 1.61 bits per heavy atom. The van der Waals surface area contributed by atoms with Crippen molar-refractivity contribution in [3.63, 3.8) is 0 Å². The summed E-state index contributed by atoms with van der Waals surface area (Å²) in [5.41, 5.74) is 8.44. The van der Waals surface area contributed by atoms with Crippen LogP contribution in [0.25, 0.3) is 21.5 Å². The average Bonchev–Trinajstić information content (AvgIpc) is 3.35. The van der Waals surface area contributed by atoms with E-state index < -0.39 is 5.66 Å². The van der Waals surface area contributed by atoms with Crippen molar-refractivity contribution in [2.45, 2.75) is 143 Å². The number of ether oxygens (including phenoxy) is 1. The van der Waals surface area contributed by atoms with Gasteiger partial charge in [-0.1, -0.05) is 103 Å². The van der Waals surface area contributed by atoms with Crippen molar-refractivity contribution in [1.82, 2.24) is 4.90 Å². The molecule has 4 heterocycles. The Labute approximate surface area is 323 Å². The van der Waals surface area contributed by atoms with Gasteiger partial charge in [-0.2, -0.15) is 0 Å². The summed E-state index contributed by atoms with van der Waals surface area (Å²) < 4.78 is 12.5. The van der Waals surface area contributed by atoms with E-state index in [-0.39, 0.29) is 40.6 Å². The van der Waals surface area contributed by atoms with Gasteiger partial charge in [0.2, 0.25) is 5.54 Å². The second kappa shape index (κ2) is 11.4. The number of hydrogen-bond acceptors (Lipinski definition) is 3. The third-order valence-corrected chi connectivity index (χ3v) is 14.0.